The molecule has 1 fully saturated rings. The van der Waals surface area contributed by atoms with Gasteiger partial charge in [-0.15, -0.1) is 11.3 Å². The molecule has 1 amide bonds. The molecule has 1 aromatic carbocycles. The summed E-state index contributed by atoms with van der Waals surface area (Å²) in [5.41, 5.74) is 6.55. The molecule has 2 unspecified atom stereocenters. The Bertz CT molecular complexity index is 603. The molecule has 0 radical (unpaired) electrons. The number of nitrogens with one attached hydrogen (secondary N) is 1. The Labute approximate surface area is 129 Å². The first-order chi connectivity index (χ1) is 10.1. The van der Waals surface area contributed by atoms with Crippen LogP contribution in [0.5, 0.6) is 0 Å². The average molecular weight is 300 g/mol. The van der Waals surface area contributed by atoms with Crippen LogP contribution in [0.4, 0.5) is 0 Å². The molecular weight excluding hydrogens is 280 g/mol. The molecular formula is C17H20N2OS. The third kappa shape index (κ3) is 3.01. The molecule has 1 saturated carbocycles. The highest BCUT2D eigenvalue weighted by Crippen LogP contribution is 2.38. The van der Waals surface area contributed by atoms with E-state index in [-0.39, 0.29) is 11.9 Å². The third-order valence-corrected chi connectivity index (χ3v) is 5.09. The van der Waals surface area contributed by atoms with Gasteiger partial charge in [-0.1, -0.05) is 36.4 Å². The summed E-state index contributed by atoms with van der Waals surface area (Å²) in [6, 6.07) is 14.0. The number of rotatable bonds is 5. The van der Waals surface area contributed by atoms with E-state index in [1.807, 2.05) is 54.8 Å². The molecule has 0 saturated heterocycles. The monoisotopic (exact) mass is 300 g/mol. The van der Waals surface area contributed by atoms with E-state index in [0.29, 0.717) is 5.92 Å². The minimum atomic E-state index is -0.774. The minimum absolute atomic E-state index is 0.0627. The van der Waals surface area contributed by atoms with Crippen LogP contribution in [-0.2, 0) is 4.79 Å². The van der Waals surface area contributed by atoms with Crippen molar-refractivity contribution in [3.05, 3.63) is 58.3 Å². The second-order valence-corrected chi connectivity index (χ2v) is 6.87. The van der Waals surface area contributed by atoms with Crippen LogP contribution in [0.2, 0.25) is 0 Å². The van der Waals surface area contributed by atoms with Gasteiger partial charge in [0.1, 0.15) is 0 Å². The van der Waals surface area contributed by atoms with Crippen molar-refractivity contribution in [1.29, 1.82) is 0 Å². The summed E-state index contributed by atoms with van der Waals surface area (Å²) in [6.07, 6.45) is 2.10. The fourth-order valence-electron chi connectivity index (χ4n) is 2.57. The van der Waals surface area contributed by atoms with Gasteiger partial charge in [-0.2, -0.15) is 0 Å². The Hall–Kier alpha value is -1.65. The van der Waals surface area contributed by atoms with Gasteiger partial charge in [0.05, 0.1) is 11.6 Å². The quantitative estimate of drug-likeness (QED) is 0.891. The van der Waals surface area contributed by atoms with Crippen molar-refractivity contribution >= 4 is 17.2 Å². The molecule has 0 spiro atoms. The Morgan fingerprint density at radius 3 is 2.57 bits per heavy atom. The lowest BCUT2D eigenvalue weighted by atomic mass is 9.95. The molecule has 1 aliphatic rings. The summed E-state index contributed by atoms with van der Waals surface area (Å²) in [6.45, 7) is 1.84. The van der Waals surface area contributed by atoms with Crippen LogP contribution in [0.3, 0.4) is 0 Å². The van der Waals surface area contributed by atoms with Gasteiger partial charge in [0.25, 0.3) is 0 Å². The number of amides is 1. The van der Waals surface area contributed by atoms with E-state index >= 15 is 0 Å². The number of hydrogen-bond acceptors (Lipinski definition) is 3. The second kappa shape index (κ2) is 5.62. The molecule has 1 aromatic heterocycles. The molecule has 0 aliphatic heterocycles. The zero-order chi connectivity index (χ0) is 14.9. The molecule has 2 aromatic rings. The number of carbonyl (C=O) groups is 1. The van der Waals surface area contributed by atoms with Crippen molar-refractivity contribution in [3.8, 4) is 0 Å². The highest BCUT2D eigenvalue weighted by atomic mass is 32.1. The fourth-order valence-corrected chi connectivity index (χ4v) is 3.38. The van der Waals surface area contributed by atoms with Crippen LogP contribution in [0.1, 0.15) is 36.2 Å². The van der Waals surface area contributed by atoms with Gasteiger partial charge in [0.2, 0.25) is 5.91 Å². The minimum Gasteiger partial charge on any atom is -0.343 e. The molecule has 1 aliphatic carbocycles. The van der Waals surface area contributed by atoms with Crippen molar-refractivity contribution in [2.24, 2.45) is 11.7 Å². The Morgan fingerprint density at radius 2 is 2.00 bits per heavy atom. The highest BCUT2D eigenvalue weighted by molar-refractivity contribution is 7.10. The van der Waals surface area contributed by atoms with Crippen molar-refractivity contribution in [2.45, 2.75) is 31.3 Å². The summed E-state index contributed by atoms with van der Waals surface area (Å²) in [4.78, 5) is 13.7. The largest absolute Gasteiger partial charge is 0.343 e. The fraction of sp³-hybridized carbons (Fsp3) is 0.353. The number of thiophene rings is 1. The summed E-state index contributed by atoms with van der Waals surface area (Å²) in [5, 5.41) is 5.17. The van der Waals surface area contributed by atoms with Crippen LogP contribution in [0.15, 0.2) is 47.8 Å². The van der Waals surface area contributed by atoms with E-state index in [0.717, 1.165) is 23.3 Å². The zero-order valence-electron chi connectivity index (χ0n) is 12.1. The van der Waals surface area contributed by atoms with Crippen molar-refractivity contribution in [2.75, 3.05) is 0 Å². The van der Waals surface area contributed by atoms with E-state index in [2.05, 4.69) is 5.32 Å². The summed E-state index contributed by atoms with van der Waals surface area (Å²) in [7, 11) is 0. The van der Waals surface area contributed by atoms with Crippen LogP contribution < -0.4 is 11.1 Å². The van der Waals surface area contributed by atoms with Crippen LogP contribution in [0, 0.1) is 5.92 Å². The molecule has 3 N–H and O–H groups in total. The maximum Gasteiger partial charge on any atom is 0.240 e. The Kier molecular flexibility index (Phi) is 3.83. The van der Waals surface area contributed by atoms with Gasteiger partial charge in [-0.05, 0) is 42.7 Å². The summed E-state index contributed by atoms with van der Waals surface area (Å²) >= 11 is 1.65. The van der Waals surface area contributed by atoms with Gasteiger partial charge in [0.15, 0.2) is 0 Å². The van der Waals surface area contributed by atoms with E-state index in [1.165, 1.54) is 0 Å². The van der Waals surface area contributed by atoms with Gasteiger partial charge >= 0.3 is 0 Å². The second-order valence-electron chi connectivity index (χ2n) is 5.89. The molecule has 2 atom stereocenters. The smallest absolute Gasteiger partial charge is 0.240 e. The lowest BCUT2D eigenvalue weighted by Crippen LogP contribution is -2.54. The summed E-state index contributed by atoms with van der Waals surface area (Å²) < 4.78 is 0. The van der Waals surface area contributed by atoms with Crippen molar-refractivity contribution in [1.82, 2.24) is 5.32 Å². The van der Waals surface area contributed by atoms with Gasteiger partial charge in [0, 0.05) is 4.88 Å². The molecule has 110 valence electrons. The summed E-state index contributed by atoms with van der Waals surface area (Å²) in [5.74, 6) is 0.254. The maximum atomic E-state index is 12.6. The normalized spacial score (nSPS) is 18.8. The average Bonchev–Trinajstić information content (AvgIpc) is 3.23. The third-order valence-electron chi connectivity index (χ3n) is 4.15. The van der Waals surface area contributed by atoms with Gasteiger partial charge in [-0.25, -0.2) is 0 Å². The van der Waals surface area contributed by atoms with Crippen molar-refractivity contribution < 1.29 is 4.79 Å². The lowest BCUT2D eigenvalue weighted by Gasteiger charge is -2.27. The van der Waals surface area contributed by atoms with Crippen LogP contribution >= 0.6 is 11.3 Å². The van der Waals surface area contributed by atoms with E-state index < -0.39 is 5.54 Å². The standard InChI is InChI=1S/C17H20N2OS/c1-17(18,13-9-10-13)16(20)19-15(14-8-5-11-21-14)12-6-3-2-4-7-12/h2-8,11,13,15H,9-10,18H2,1H3,(H,19,20). The van der Waals surface area contributed by atoms with E-state index in [9.17, 15) is 4.79 Å². The molecule has 3 nitrogen and oxygen atoms in total. The molecule has 3 rings (SSSR count). The first kappa shape index (κ1) is 14.3. The predicted octanol–water partition coefficient (Wildman–Crippen LogP) is 3.08. The first-order valence-electron chi connectivity index (χ1n) is 7.27. The zero-order valence-corrected chi connectivity index (χ0v) is 12.9. The van der Waals surface area contributed by atoms with E-state index in [4.69, 9.17) is 5.73 Å². The van der Waals surface area contributed by atoms with E-state index in [1.54, 1.807) is 11.3 Å². The van der Waals surface area contributed by atoms with Gasteiger partial charge in [-0.3, -0.25) is 4.79 Å². The topological polar surface area (TPSA) is 55.1 Å². The van der Waals surface area contributed by atoms with Gasteiger partial charge < -0.3 is 11.1 Å². The molecule has 0 bridgehead atoms. The van der Waals surface area contributed by atoms with Crippen LogP contribution in [0.25, 0.3) is 0 Å². The molecule has 21 heavy (non-hydrogen) atoms. The maximum absolute atomic E-state index is 12.6. The number of benzene rings is 1. The number of hydrogen-bond donors (Lipinski definition) is 2. The Balaban J connectivity index is 1.85. The first-order valence-corrected chi connectivity index (χ1v) is 8.15. The Morgan fingerprint density at radius 1 is 1.29 bits per heavy atom. The number of carbonyl (C=O) groups excluding carboxylic acids is 1. The molecule has 4 heteroatoms. The number of nitrogens with two attached hydrogens (primary N) is 1. The van der Waals surface area contributed by atoms with Crippen molar-refractivity contribution in [3.63, 3.8) is 0 Å². The van der Waals surface area contributed by atoms with Crippen LogP contribution in [-0.4, -0.2) is 11.4 Å². The molecule has 1 heterocycles. The SMILES string of the molecule is CC(N)(C(=O)NC(c1ccccc1)c1cccs1)C1CC1. The highest BCUT2D eigenvalue weighted by Gasteiger charge is 2.44. The lowest BCUT2D eigenvalue weighted by molar-refractivity contribution is -0.127. The predicted molar refractivity (Wildman–Crippen MR) is 86.1 cm³/mol.